The maximum absolute atomic E-state index is 8.61. The van der Waals surface area contributed by atoms with Crippen molar-refractivity contribution in [1.29, 1.82) is 0 Å². The van der Waals surface area contributed by atoms with Crippen LogP contribution in [0.1, 0.15) is 0 Å². The number of aromatic nitrogens is 2. The van der Waals surface area contributed by atoms with Crippen LogP contribution in [-0.4, -0.2) is 35.4 Å². The molecule has 62 valence electrons. The molecule has 0 fully saturated rings. The molecule has 0 saturated carbocycles. The van der Waals surface area contributed by atoms with Crippen molar-refractivity contribution in [1.82, 2.24) is 9.55 Å². The molecule has 0 unspecified atom stereocenters. The van der Waals surface area contributed by atoms with Crippen LogP contribution in [0, 0.1) is 0 Å². The van der Waals surface area contributed by atoms with E-state index < -0.39 is 0 Å². The number of hydrogen-bond acceptors (Lipinski definition) is 3. The lowest BCUT2D eigenvalue weighted by Gasteiger charge is -2.05. The Bertz CT molecular complexity index is 219. The van der Waals surface area contributed by atoms with Crippen molar-refractivity contribution in [2.75, 3.05) is 25.6 Å². The average Bonchev–Trinajstić information content (AvgIpc) is 2.37. The molecule has 0 radical (unpaired) electrons. The molecule has 0 bridgehead atoms. The average molecular weight is 155 g/mol. The van der Waals surface area contributed by atoms with Crippen molar-refractivity contribution in [3.63, 3.8) is 0 Å². The lowest BCUT2D eigenvalue weighted by atomic mass is 10.6. The number of anilines is 1. The molecule has 1 N–H and O–H groups in total. The smallest absolute Gasteiger partial charge is 0.146 e. The molecule has 4 heteroatoms. The van der Waals surface area contributed by atoms with E-state index in [-0.39, 0.29) is 6.61 Å². The number of nitrogens with zero attached hydrogens (tertiary/aromatic N) is 3. The summed E-state index contributed by atoms with van der Waals surface area (Å²) in [7, 11) is 3.87. The van der Waals surface area contributed by atoms with Crippen LogP contribution in [0.25, 0.3) is 0 Å². The summed E-state index contributed by atoms with van der Waals surface area (Å²) in [5.41, 5.74) is 0. The number of imidazole rings is 1. The standard InChI is InChI=1S/C7H13N3O/c1-9(2)7-5-10(3-4-11)6-8-7/h5-6,11H,3-4H2,1-2H3. The third-order valence-electron chi connectivity index (χ3n) is 1.44. The second kappa shape index (κ2) is 3.39. The predicted octanol–water partition coefficient (Wildman–Crippen LogP) is -0.0586. The fraction of sp³-hybridized carbons (Fsp3) is 0.571. The molecular formula is C7H13N3O. The Kier molecular flexibility index (Phi) is 2.48. The Labute approximate surface area is 66.1 Å². The number of aliphatic hydroxyl groups is 1. The van der Waals surface area contributed by atoms with Gasteiger partial charge in [-0.05, 0) is 0 Å². The van der Waals surface area contributed by atoms with E-state index in [0.717, 1.165) is 5.82 Å². The minimum atomic E-state index is 0.156. The van der Waals surface area contributed by atoms with Gasteiger partial charge in [-0.3, -0.25) is 0 Å². The van der Waals surface area contributed by atoms with Crippen molar-refractivity contribution in [3.8, 4) is 0 Å². The maximum Gasteiger partial charge on any atom is 0.146 e. The second-order valence-electron chi connectivity index (χ2n) is 2.59. The Morgan fingerprint density at radius 1 is 1.64 bits per heavy atom. The van der Waals surface area contributed by atoms with Gasteiger partial charge in [0, 0.05) is 26.8 Å². The summed E-state index contributed by atoms with van der Waals surface area (Å²) in [4.78, 5) is 6.04. The van der Waals surface area contributed by atoms with Gasteiger partial charge in [0.2, 0.25) is 0 Å². The molecule has 0 amide bonds. The first-order valence-electron chi connectivity index (χ1n) is 3.54. The maximum atomic E-state index is 8.61. The van der Waals surface area contributed by atoms with E-state index in [0.29, 0.717) is 6.54 Å². The van der Waals surface area contributed by atoms with Crippen LogP contribution in [0.5, 0.6) is 0 Å². The summed E-state index contributed by atoms with van der Waals surface area (Å²) in [5, 5.41) is 8.61. The van der Waals surface area contributed by atoms with E-state index in [1.807, 2.05) is 29.8 Å². The highest BCUT2D eigenvalue weighted by atomic mass is 16.3. The van der Waals surface area contributed by atoms with E-state index in [9.17, 15) is 0 Å². The lowest BCUT2D eigenvalue weighted by molar-refractivity contribution is 0.276. The second-order valence-corrected chi connectivity index (χ2v) is 2.59. The van der Waals surface area contributed by atoms with Crippen LogP contribution < -0.4 is 4.90 Å². The molecular weight excluding hydrogens is 142 g/mol. The molecule has 0 spiro atoms. The zero-order valence-corrected chi connectivity index (χ0v) is 6.86. The molecule has 4 nitrogen and oxygen atoms in total. The first kappa shape index (κ1) is 8.07. The van der Waals surface area contributed by atoms with E-state index in [1.165, 1.54) is 0 Å². The molecule has 0 aliphatic rings. The quantitative estimate of drug-likeness (QED) is 0.665. The third-order valence-corrected chi connectivity index (χ3v) is 1.44. The van der Waals surface area contributed by atoms with Gasteiger partial charge in [-0.1, -0.05) is 0 Å². The van der Waals surface area contributed by atoms with Gasteiger partial charge in [-0.2, -0.15) is 0 Å². The molecule has 0 aromatic carbocycles. The van der Waals surface area contributed by atoms with E-state index in [1.54, 1.807) is 6.33 Å². The minimum absolute atomic E-state index is 0.156. The molecule has 0 atom stereocenters. The Balaban J connectivity index is 2.66. The van der Waals surface area contributed by atoms with Gasteiger partial charge in [0.1, 0.15) is 5.82 Å². The third kappa shape index (κ3) is 1.94. The normalized spacial score (nSPS) is 10.1. The monoisotopic (exact) mass is 155 g/mol. The highest BCUT2D eigenvalue weighted by Crippen LogP contribution is 2.04. The number of hydrogen-bond donors (Lipinski definition) is 1. The molecule has 1 aromatic rings. The van der Waals surface area contributed by atoms with Crippen molar-refractivity contribution >= 4 is 5.82 Å². The van der Waals surface area contributed by atoms with Crippen molar-refractivity contribution in [2.45, 2.75) is 6.54 Å². The van der Waals surface area contributed by atoms with Gasteiger partial charge in [0.15, 0.2) is 0 Å². The highest BCUT2D eigenvalue weighted by Gasteiger charge is 1.98. The van der Waals surface area contributed by atoms with Crippen LogP contribution in [0.4, 0.5) is 5.82 Å². The van der Waals surface area contributed by atoms with E-state index in [4.69, 9.17) is 5.11 Å². The van der Waals surface area contributed by atoms with Gasteiger partial charge in [0.25, 0.3) is 0 Å². The summed E-state index contributed by atoms with van der Waals surface area (Å²) in [6.45, 7) is 0.768. The van der Waals surface area contributed by atoms with Gasteiger partial charge in [-0.25, -0.2) is 4.98 Å². The number of aliphatic hydroxyl groups excluding tert-OH is 1. The fourth-order valence-electron chi connectivity index (χ4n) is 0.817. The van der Waals surface area contributed by atoms with Crippen LogP contribution in [0.15, 0.2) is 12.5 Å². The van der Waals surface area contributed by atoms with E-state index >= 15 is 0 Å². The molecule has 1 rings (SSSR count). The lowest BCUT2D eigenvalue weighted by Crippen LogP contribution is -2.08. The highest BCUT2D eigenvalue weighted by molar-refractivity contribution is 5.32. The Morgan fingerprint density at radius 2 is 2.36 bits per heavy atom. The SMILES string of the molecule is CN(C)c1cn(CCO)cn1. The van der Waals surface area contributed by atoms with Crippen molar-refractivity contribution in [2.24, 2.45) is 0 Å². The summed E-state index contributed by atoms with van der Waals surface area (Å²) >= 11 is 0. The molecule has 0 aliphatic carbocycles. The molecule has 0 saturated heterocycles. The largest absolute Gasteiger partial charge is 0.395 e. The zero-order chi connectivity index (χ0) is 8.27. The van der Waals surface area contributed by atoms with Crippen LogP contribution in [0.3, 0.4) is 0 Å². The Hall–Kier alpha value is -1.03. The predicted molar refractivity (Wildman–Crippen MR) is 43.6 cm³/mol. The molecule has 1 heterocycles. The topological polar surface area (TPSA) is 41.3 Å². The zero-order valence-electron chi connectivity index (χ0n) is 6.86. The summed E-state index contributed by atoms with van der Waals surface area (Å²) in [6.07, 6.45) is 3.61. The van der Waals surface area contributed by atoms with Crippen molar-refractivity contribution in [3.05, 3.63) is 12.5 Å². The molecule has 0 aliphatic heterocycles. The summed E-state index contributed by atoms with van der Waals surface area (Å²) in [6, 6.07) is 0. The van der Waals surface area contributed by atoms with Crippen LogP contribution in [-0.2, 0) is 6.54 Å². The van der Waals surface area contributed by atoms with Crippen molar-refractivity contribution < 1.29 is 5.11 Å². The summed E-state index contributed by atoms with van der Waals surface area (Å²) in [5.74, 6) is 0.915. The minimum Gasteiger partial charge on any atom is -0.395 e. The number of rotatable bonds is 3. The van der Waals surface area contributed by atoms with E-state index in [2.05, 4.69) is 4.98 Å². The van der Waals surface area contributed by atoms with Crippen LogP contribution >= 0.6 is 0 Å². The Morgan fingerprint density at radius 3 is 2.82 bits per heavy atom. The fourth-order valence-corrected chi connectivity index (χ4v) is 0.817. The van der Waals surface area contributed by atoms with Crippen LogP contribution in [0.2, 0.25) is 0 Å². The van der Waals surface area contributed by atoms with Gasteiger partial charge in [0.05, 0.1) is 12.9 Å². The first-order valence-corrected chi connectivity index (χ1v) is 3.54. The van der Waals surface area contributed by atoms with Gasteiger partial charge in [-0.15, -0.1) is 0 Å². The summed E-state index contributed by atoms with van der Waals surface area (Å²) < 4.78 is 1.86. The van der Waals surface area contributed by atoms with Gasteiger partial charge < -0.3 is 14.6 Å². The van der Waals surface area contributed by atoms with Gasteiger partial charge >= 0.3 is 0 Å². The first-order chi connectivity index (χ1) is 5.24. The molecule has 1 aromatic heterocycles. The molecule has 11 heavy (non-hydrogen) atoms.